The third-order valence-corrected chi connectivity index (χ3v) is 4.93. The van der Waals surface area contributed by atoms with Gasteiger partial charge in [-0.25, -0.2) is 0 Å². The molecule has 0 aromatic heterocycles. The normalized spacial score (nSPS) is 34.2. The van der Waals surface area contributed by atoms with Crippen LogP contribution in [-0.2, 0) is 4.79 Å². The van der Waals surface area contributed by atoms with Crippen LogP contribution in [0.4, 0.5) is 0 Å². The highest BCUT2D eigenvalue weighted by Crippen LogP contribution is 2.37. The Morgan fingerprint density at radius 3 is 2.71 bits per heavy atom. The third-order valence-electron chi connectivity index (χ3n) is 4.93. The molecule has 5 nitrogen and oxygen atoms in total. The van der Waals surface area contributed by atoms with Crippen LogP contribution in [0.15, 0.2) is 0 Å². The molecule has 1 aliphatic heterocycles. The number of aliphatic carboxylic acids is 1. The molecular weight excluding hydrogens is 266 g/mol. The van der Waals surface area contributed by atoms with E-state index in [0.717, 1.165) is 32.4 Å². The lowest BCUT2D eigenvalue weighted by Crippen LogP contribution is -2.54. The maximum absolute atomic E-state index is 11.8. The van der Waals surface area contributed by atoms with Crippen LogP contribution in [0.1, 0.15) is 46.0 Å². The summed E-state index contributed by atoms with van der Waals surface area (Å²) < 4.78 is 0. The first-order valence-electron chi connectivity index (χ1n) is 8.25. The number of carboxylic acids is 1. The van der Waals surface area contributed by atoms with E-state index in [1.807, 2.05) is 13.8 Å². The third kappa shape index (κ3) is 3.76. The molecule has 1 aliphatic carbocycles. The molecule has 0 aromatic carbocycles. The van der Waals surface area contributed by atoms with Gasteiger partial charge in [0.2, 0.25) is 0 Å². The average molecular weight is 297 g/mol. The fraction of sp³-hybridized carbons (Fsp3) is 0.938. The van der Waals surface area contributed by atoms with E-state index < -0.39 is 11.5 Å². The van der Waals surface area contributed by atoms with Crippen LogP contribution in [0.5, 0.6) is 0 Å². The van der Waals surface area contributed by atoms with Crippen LogP contribution >= 0.6 is 0 Å². The Balaban J connectivity index is 2.04. The summed E-state index contributed by atoms with van der Waals surface area (Å²) in [6.45, 7) is 6.26. The van der Waals surface area contributed by atoms with E-state index in [2.05, 4.69) is 29.2 Å². The summed E-state index contributed by atoms with van der Waals surface area (Å²) >= 11 is 0. The number of hydrogen-bond donors (Lipinski definition) is 2. The van der Waals surface area contributed by atoms with Gasteiger partial charge in [-0.05, 0) is 66.6 Å². The molecule has 0 aromatic rings. The molecule has 0 spiro atoms. The summed E-state index contributed by atoms with van der Waals surface area (Å²) in [5.41, 5.74) is -0.718. The van der Waals surface area contributed by atoms with Gasteiger partial charge >= 0.3 is 5.97 Å². The van der Waals surface area contributed by atoms with Crippen LogP contribution < -0.4 is 5.32 Å². The molecule has 21 heavy (non-hydrogen) atoms. The molecule has 2 aliphatic rings. The van der Waals surface area contributed by atoms with Crippen molar-refractivity contribution in [1.29, 1.82) is 0 Å². The first kappa shape index (κ1) is 16.7. The van der Waals surface area contributed by atoms with Crippen LogP contribution in [0.3, 0.4) is 0 Å². The number of nitrogens with one attached hydrogen (secondary N) is 1. The smallest absolute Gasteiger partial charge is 0.323 e. The van der Waals surface area contributed by atoms with E-state index >= 15 is 0 Å². The number of carbonyl (C=O) groups is 1. The zero-order chi connectivity index (χ0) is 15.6. The number of carboxylic acid groups (broad SMARTS) is 1. The van der Waals surface area contributed by atoms with E-state index in [9.17, 15) is 9.90 Å². The maximum atomic E-state index is 11.8. The van der Waals surface area contributed by atoms with Crippen molar-refractivity contribution in [3.63, 3.8) is 0 Å². The predicted octanol–water partition coefficient (Wildman–Crippen LogP) is 1.39. The molecule has 0 radical (unpaired) electrons. The molecule has 5 heteroatoms. The highest BCUT2D eigenvalue weighted by molar-refractivity contribution is 5.79. The first-order valence-corrected chi connectivity index (χ1v) is 8.25. The minimum absolute atomic E-state index is 0.205. The van der Waals surface area contributed by atoms with Gasteiger partial charge in [-0.3, -0.25) is 15.0 Å². The van der Waals surface area contributed by atoms with Gasteiger partial charge in [-0.15, -0.1) is 0 Å². The Bertz CT molecular complexity index is 373. The Hall–Kier alpha value is -0.650. The fourth-order valence-electron chi connectivity index (χ4n) is 4.20. The van der Waals surface area contributed by atoms with E-state index in [1.54, 1.807) is 0 Å². The van der Waals surface area contributed by atoms with Crippen LogP contribution in [-0.4, -0.2) is 71.7 Å². The van der Waals surface area contributed by atoms with Crippen molar-refractivity contribution in [2.75, 3.05) is 27.2 Å². The summed E-state index contributed by atoms with van der Waals surface area (Å²) in [5.74, 6) is -0.679. The van der Waals surface area contributed by atoms with Crippen molar-refractivity contribution >= 4 is 5.97 Å². The number of hydrogen-bond acceptors (Lipinski definition) is 4. The number of likely N-dealkylation sites (N-methyl/N-ethyl adjacent to an activating group) is 1. The minimum atomic E-state index is -0.718. The molecule has 2 rings (SSSR count). The molecule has 0 bridgehead atoms. The molecule has 1 saturated heterocycles. The molecule has 2 fully saturated rings. The molecule has 3 atom stereocenters. The van der Waals surface area contributed by atoms with Gasteiger partial charge in [0, 0.05) is 24.7 Å². The summed E-state index contributed by atoms with van der Waals surface area (Å²) in [6, 6.07) is 1.21. The average Bonchev–Trinajstić information content (AvgIpc) is 2.95. The summed E-state index contributed by atoms with van der Waals surface area (Å²) in [7, 11) is 4.24. The zero-order valence-electron chi connectivity index (χ0n) is 13.9. The highest BCUT2D eigenvalue weighted by Gasteiger charge is 2.48. The van der Waals surface area contributed by atoms with Gasteiger partial charge in [0.15, 0.2) is 0 Å². The molecule has 122 valence electrons. The fourth-order valence-corrected chi connectivity index (χ4v) is 4.20. The van der Waals surface area contributed by atoms with Crippen LogP contribution in [0.25, 0.3) is 0 Å². The standard InChI is InChI=1S/C16H31N3O2/c1-12(2)17-16(15(20)21)8-7-13(10-16)19-9-5-6-14(19)11-18(3)4/h12-14,17H,5-11H2,1-4H3,(H,20,21). The van der Waals surface area contributed by atoms with Crippen LogP contribution in [0.2, 0.25) is 0 Å². The lowest BCUT2D eigenvalue weighted by atomic mass is 9.96. The molecular formula is C16H31N3O2. The predicted molar refractivity (Wildman–Crippen MR) is 84.6 cm³/mol. The van der Waals surface area contributed by atoms with Gasteiger partial charge in [0.1, 0.15) is 5.54 Å². The van der Waals surface area contributed by atoms with E-state index in [4.69, 9.17) is 0 Å². The second kappa shape index (κ2) is 6.63. The maximum Gasteiger partial charge on any atom is 0.323 e. The second-order valence-corrected chi connectivity index (χ2v) is 7.38. The van der Waals surface area contributed by atoms with Crippen molar-refractivity contribution < 1.29 is 9.90 Å². The van der Waals surface area contributed by atoms with Crippen molar-refractivity contribution in [1.82, 2.24) is 15.1 Å². The molecule has 1 saturated carbocycles. The van der Waals surface area contributed by atoms with Crippen molar-refractivity contribution in [3.05, 3.63) is 0 Å². The first-order chi connectivity index (χ1) is 9.84. The topological polar surface area (TPSA) is 55.8 Å². The van der Waals surface area contributed by atoms with Crippen molar-refractivity contribution in [2.45, 2.75) is 69.6 Å². The van der Waals surface area contributed by atoms with Gasteiger partial charge in [-0.2, -0.15) is 0 Å². The molecule has 3 unspecified atom stereocenters. The van der Waals surface area contributed by atoms with E-state index in [1.165, 1.54) is 12.8 Å². The Morgan fingerprint density at radius 1 is 1.43 bits per heavy atom. The van der Waals surface area contributed by atoms with Crippen LogP contribution in [0, 0.1) is 0 Å². The van der Waals surface area contributed by atoms with Gasteiger partial charge < -0.3 is 10.0 Å². The Labute approximate surface area is 128 Å². The quantitative estimate of drug-likeness (QED) is 0.776. The van der Waals surface area contributed by atoms with Gasteiger partial charge in [0.25, 0.3) is 0 Å². The number of likely N-dealkylation sites (tertiary alicyclic amines) is 1. The number of rotatable bonds is 6. The monoisotopic (exact) mass is 297 g/mol. The van der Waals surface area contributed by atoms with Gasteiger partial charge in [-0.1, -0.05) is 0 Å². The SMILES string of the molecule is CC(C)NC1(C(=O)O)CCC(N2CCCC2CN(C)C)C1. The molecule has 0 amide bonds. The zero-order valence-corrected chi connectivity index (χ0v) is 13.9. The summed E-state index contributed by atoms with van der Waals surface area (Å²) in [4.78, 5) is 16.6. The van der Waals surface area contributed by atoms with Crippen molar-refractivity contribution in [2.24, 2.45) is 0 Å². The van der Waals surface area contributed by atoms with E-state index in [0.29, 0.717) is 12.1 Å². The van der Waals surface area contributed by atoms with E-state index in [-0.39, 0.29) is 6.04 Å². The number of nitrogens with zero attached hydrogens (tertiary/aromatic N) is 2. The molecule has 2 N–H and O–H groups in total. The van der Waals surface area contributed by atoms with Crippen molar-refractivity contribution in [3.8, 4) is 0 Å². The second-order valence-electron chi connectivity index (χ2n) is 7.38. The van der Waals surface area contributed by atoms with Gasteiger partial charge in [0.05, 0.1) is 0 Å². The summed E-state index contributed by atoms with van der Waals surface area (Å²) in [5, 5.41) is 13.0. The molecule has 1 heterocycles. The Morgan fingerprint density at radius 2 is 2.14 bits per heavy atom. The summed E-state index contributed by atoms with van der Waals surface area (Å²) in [6.07, 6.45) is 4.97. The lowest BCUT2D eigenvalue weighted by Gasteiger charge is -2.34. The minimum Gasteiger partial charge on any atom is -0.480 e. The lowest BCUT2D eigenvalue weighted by molar-refractivity contribution is -0.145. The highest BCUT2D eigenvalue weighted by atomic mass is 16.4. The Kier molecular flexibility index (Phi) is 5.28. The largest absolute Gasteiger partial charge is 0.480 e.